The highest BCUT2D eigenvalue weighted by atomic mass is 33.1. The lowest BCUT2D eigenvalue weighted by molar-refractivity contribution is -0.142. The number of carbonyl (C=O) groups is 11. The van der Waals surface area contributed by atoms with Gasteiger partial charge in [0, 0.05) is 87.1 Å². The number of ether oxygens (including phenoxy) is 2. The molecule has 4 aromatic rings. The van der Waals surface area contributed by atoms with Gasteiger partial charge in [-0.1, -0.05) is 140 Å². The van der Waals surface area contributed by atoms with Gasteiger partial charge in [0.2, 0.25) is 65.0 Å². The molecule has 1 aliphatic rings. The van der Waals surface area contributed by atoms with Crippen LogP contribution in [0.1, 0.15) is 127 Å². The molecule has 1 aliphatic heterocycles. The van der Waals surface area contributed by atoms with Crippen LogP contribution in [-0.2, 0) is 75.1 Å². The van der Waals surface area contributed by atoms with Gasteiger partial charge in [0.05, 0.1) is 26.1 Å². The molecule has 5 rings (SSSR count). The fraction of sp³-hybridized carbons (Fsp3) is 0.536. The highest BCUT2D eigenvalue weighted by molar-refractivity contribution is 8.76. The zero-order valence-electron chi connectivity index (χ0n) is 56.6. The van der Waals surface area contributed by atoms with Gasteiger partial charge in [0.15, 0.2) is 0 Å². The van der Waals surface area contributed by atoms with Gasteiger partial charge in [0.25, 0.3) is 0 Å². The quantitative estimate of drug-likeness (QED) is 0.0223. The number of imidazole rings is 1. The minimum Gasteiger partial charge on any atom is -0.377 e. The summed E-state index contributed by atoms with van der Waals surface area (Å²) in [4.78, 5) is 157. The van der Waals surface area contributed by atoms with Gasteiger partial charge in [-0.3, -0.25) is 52.7 Å². The Bertz CT molecular complexity index is 3100. The first kappa shape index (κ1) is 80.3. The molecule has 1 saturated heterocycles. The molecule has 0 saturated carbocycles. The average Bonchev–Trinajstić information content (AvgIpc) is 1.38. The number of aromatic nitrogens is 2. The van der Waals surface area contributed by atoms with Gasteiger partial charge in [-0.2, -0.15) is 0 Å². The van der Waals surface area contributed by atoms with Gasteiger partial charge in [-0.25, -0.2) is 4.98 Å². The first-order chi connectivity index (χ1) is 47.2. The molecule has 3 aromatic carbocycles. The van der Waals surface area contributed by atoms with Gasteiger partial charge in [-0.05, 0) is 86.9 Å². The predicted molar refractivity (Wildman–Crippen MR) is 375 cm³/mol. The largest absolute Gasteiger partial charge is 0.377 e. The third kappa shape index (κ3) is 29.4. The number of hydrogen-bond donors (Lipinski definition) is 12. The molecule has 15 N–H and O–H groups in total. The van der Waals surface area contributed by atoms with E-state index in [0.29, 0.717) is 58.2 Å². The Balaban J connectivity index is 1.20. The number of hydrogen-bond acceptors (Lipinski definition) is 17. The maximum atomic E-state index is 15.1. The number of nitrogens with one attached hydrogen (secondary N) is 9. The Morgan fingerprint density at radius 1 is 0.633 bits per heavy atom. The topological polar surface area (TPSA) is 412 Å². The molecule has 27 nitrogen and oxygen atoms in total. The van der Waals surface area contributed by atoms with E-state index in [0.717, 1.165) is 50.4 Å². The van der Waals surface area contributed by atoms with Crippen molar-refractivity contribution in [1.82, 2.24) is 57.4 Å². The lowest BCUT2D eigenvalue weighted by Gasteiger charge is -2.34. The minimum atomic E-state index is -1.28. The molecule has 0 aliphatic carbocycles. The van der Waals surface area contributed by atoms with Crippen LogP contribution in [0.2, 0.25) is 0 Å². The molecule has 0 bridgehead atoms. The fourth-order valence-corrected chi connectivity index (χ4v) is 13.3. The summed E-state index contributed by atoms with van der Waals surface area (Å²) >= 11 is 0. The smallest absolute Gasteiger partial charge is 0.246 e. The molecule has 11 amide bonds. The summed E-state index contributed by atoms with van der Waals surface area (Å²) < 4.78 is 10.7. The highest BCUT2D eigenvalue weighted by Gasteiger charge is 2.43. The standard InChI is InChI=1S/C69H100N14O13S2/c1-5-45(2)36-58(85)78-53(27-16-18-30-75-60(87)41-96-35-34-95-33-31-74-47(4)84)66(91)77-51(38-48-20-9-6-10-21-48)39-59(86)79-54(26-15-17-29-70)67(92)80-55(63(71)88)42-97-98-43-56(64(72)89)81-68(93)57-28-19-32-83(57)69(94)62(82-65(90)46(3)37-52-40-73-44-76-52)61(49-22-11-7-12-23-49)50-24-13-8-14-25-50/h6-14,20-25,40,44-46,51,53-57,61-62H,5,15-19,26-39,41-43,70H2,1-4H3,(H2,71,88)(H2,72,89)(H,73,76)(H,74,84)(H,75,87)(H,77,91)(H,78,85)(H,79,86)(H,80,92)(H,81,93)(H,82,90)/t45-,46-,51-,53-,54+,55-,56-,57-,62-/m0/s1. The summed E-state index contributed by atoms with van der Waals surface area (Å²) in [5, 5.41) is 22.5. The summed E-state index contributed by atoms with van der Waals surface area (Å²) in [6.07, 6.45) is 7.18. The molecule has 98 heavy (non-hydrogen) atoms. The number of amides is 11. The average molecular weight is 1400 g/mol. The maximum absolute atomic E-state index is 15.1. The van der Waals surface area contributed by atoms with Crippen LogP contribution in [0.3, 0.4) is 0 Å². The number of carbonyl (C=O) groups excluding carboxylic acids is 11. The van der Waals surface area contributed by atoms with Crippen molar-refractivity contribution >= 4 is 86.6 Å². The van der Waals surface area contributed by atoms with Gasteiger partial charge in [-0.15, -0.1) is 0 Å². The van der Waals surface area contributed by atoms with Crippen LogP contribution >= 0.6 is 21.6 Å². The number of aromatic amines is 1. The Labute approximate surface area is 581 Å². The highest BCUT2D eigenvalue weighted by Crippen LogP contribution is 2.32. The number of unbranched alkanes of at least 4 members (excludes halogenated alkanes) is 2. The van der Waals surface area contributed by atoms with Crippen molar-refractivity contribution in [3.8, 4) is 0 Å². The Morgan fingerprint density at radius 3 is 1.80 bits per heavy atom. The van der Waals surface area contributed by atoms with Crippen LogP contribution < -0.4 is 59.7 Å². The molecule has 0 unspecified atom stereocenters. The molecule has 1 fully saturated rings. The van der Waals surface area contributed by atoms with E-state index >= 15 is 4.79 Å². The van der Waals surface area contributed by atoms with Crippen molar-refractivity contribution in [2.45, 2.75) is 159 Å². The molecule has 9 atom stereocenters. The Morgan fingerprint density at radius 2 is 1.21 bits per heavy atom. The number of likely N-dealkylation sites (tertiary alicyclic amines) is 1. The van der Waals surface area contributed by atoms with Crippen molar-refractivity contribution in [1.29, 1.82) is 0 Å². The van der Waals surface area contributed by atoms with Crippen LogP contribution in [0.4, 0.5) is 0 Å². The zero-order valence-corrected chi connectivity index (χ0v) is 58.2. The fourth-order valence-electron chi connectivity index (χ4n) is 11.0. The molecule has 29 heteroatoms. The molecular weight excluding hydrogens is 1300 g/mol. The van der Waals surface area contributed by atoms with E-state index in [-0.39, 0.29) is 112 Å². The van der Waals surface area contributed by atoms with Crippen molar-refractivity contribution in [3.63, 3.8) is 0 Å². The van der Waals surface area contributed by atoms with Crippen LogP contribution in [0.15, 0.2) is 104 Å². The third-order valence-electron chi connectivity index (χ3n) is 16.5. The van der Waals surface area contributed by atoms with Gasteiger partial charge >= 0.3 is 0 Å². The Kier molecular flexibility index (Phi) is 36.5. The van der Waals surface area contributed by atoms with Gasteiger partial charge < -0.3 is 79.1 Å². The second-order valence-electron chi connectivity index (χ2n) is 24.5. The van der Waals surface area contributed by atoms with Crippen LogP contribution in [0, 0.1) is 11.8 Å². The van der Waals surface area contributed by atoms with E-state index in [1.165, 1.54) is 18.2 Å². The molecule has 0 spiro atoms. The molecule has 1 aromatic heterocycles. The minimum absolute atomic E-state index is 0.0459. The SMILES string of the molecule is CC[C@H](C)CC(=O)N[C@@H](CCCCNC(=O)COCCOCCNC(C)=O)C(=O)N[C@H](CC(=O)N[C@H](CCCCN)C(=O)N[C@@H](CSSC[C@H](NC(=O)[C@@H]1CCCN1C(=O)[C@@H](NC(=O)[C@@H](C)Cc1cnc[nH]1)C(c1ccccc1)c1ccccc1)C(N)=O)C(N)=O)Cc1ccccc1. The van der Waals surface area contributed by atoms with Gasteiger partial charge in [0.1, 0.15) is 42.9 Å². The molecule has 0 radical (unpaired) electrons. The van der Waals surface area contributed by atoms with Crippen molar-refractivity contribution in [3.05, 3.63) is 126 Å². The van der Waals surface area contributed by atoms with Crippen LogP contribution in [0.25, 0.3) is 0 Å². The second-order valence-corrected chi connectivity index (χ2v) is 27.0. The maximum Gasteiger partial charge on any atom is 0.246 e. The summed E-state index contributed by atoms with van der Waals surface area (Å²) in [6, 6.07) is 20.1. The zero-order chi connectivity index (χ0) is 71.2. The lowest BCUT2D eigenvalue weighted by atomic mass is 9.83. The number of benzene rings is 3. The number of nitrogens with two attached hydrogens (primary N) is 3. The van der Waals surface area contributed by atoms with Crippen molar-refractivity contribution in [2.24, 2.45) is 29.0 Å². The summed E-state index contributed by atoms with van der Waals surface area (Å²) in [5.41, 5.74) is 20.6. The predicted octanol–water partition coefficient (Wildman–Crippen LogP) is 2.33. The van der Waals surface area contributed by atoms with E-state index in [1.54, 1.807) is 13.1 Å². The van der Waals surface area contributed by atoms with Crippen molar-refractivity contribution in [2.75, 3.05) is 64.1 Å². The van der Waals surface area contributed by atoms with E-state index in [4.69, 9.17) is 26.7 Å². The second kappa shape index (κ2) is 44.5. The van der Waals surface area contributed by atoms with Crippen LogP contribution in [0.5, 0.6) is 0 Å². The van der Waals surface area contributed by atoms with E-state index in [1.807, 2.05) is 105 Å². The monoisotopic (exact) mass is 1400 g/mol. The van der Waals surface area contributed by atoms with Crippen LogP contribution in [-0.4, -0.2) is 186 Å². The Hall–Kier alpha value is -8.38. The lowest BCUT2D eigenvalue weighted by Crippen LogP contribution is -2.58. The number of nitrogens with zero attached hydrogens (tertiary/aromatic N) is 2. The first-order valence-electron chi connectivity index (χ1n) is 33.6. The number of rotatable bonds is 47. The number of primary amides is 2. The normalized spacial score (nSPS) is 15.2. The molecule has 536 valence electrons. The molecular formula is C69H100N14O13S2. The first-order valence-corrected chi connectivity index (χ1v) is 36.1. The van der Waals surface area contributed by atoms with E-state index in [9.17, 15) is 47.9 Å². The van der Waals surface area contributed by atoms with E-state index < -0.39 is 95.5 Å². The summed E-state index contributed by atoms with van der Waals surface area (Å²) in [7, 11) is 2.14. The summed E-state index contributed by atoms with van der Waals surface area (Å²) in [6.45, 7) is 8.72. The molecule has 2 heterocycles. The van der Waals surface area contributed by atoms with Crippen molar-refractivity contribution < 1.29 is 62.2 Å². The summed E-state index contributed by atoms with van der Waals surface area (Å²) in [5.74, 6) is -7.32. The number of H-pyrrole nitrogens is 1. The third-order valence-corrected chi connectivity index (χ3v) is 18.9. The van der Waals surface area contributed by atoms with E-state index in [2.05, 4.69) is 52.5 Å².